The highest BCUT2D eigenvalue weighted by Crippen LogP contribution is 2.02. The fourth-order valence-corrected chi connectivity index (χ4v) is 1.56. The molecule has 0 saturated heterocycles. The van der Waals surface area contributed by atoms with Crippen LogP contribution >= 0.6 is 0 Å². The number of aryl methyl sites for hydroxylation is 1. The minimum Gasteiger partial charge on any atom is -0.349 e. The van der Waals surface area contributed by atoms with Gasteiger partial charge in [-0.3, -0.25) is 4.79 Å². The van der Waals surface area contributed by atoms with Gasteiger partial charge < -0.3 is 5.32 Å². The van der Waals surface area contributed by atoms with Gasteiger partial charge in [0.05, 0.1) is 0 Å². The van der Waals surface area contributed by atoms with E-state index < -0.39 is 0 Å². The van der Waals surface area contributed by atoms with Gasteiger partial charge in [0.15, 0.2) is 0 Å². The highest BCUT2D eigenvalue weighted by Gasteiger charge is 2.13. The second-order valence-electron chi connectivity index (χ2n) is 4.67. The highest BCUT2D eigenvalue weighted by molar-refractivity contribution is 5.90. The largest absolute Gasteiger partial charge is 0.349 e. The molecule has 6 nitrogen and oxygen atoms in total. The summed E-state index contributed by atoms with van der Waals surface area (Å²) >= 11 is 0. The van der Waals surface area contributed by atoms with Crippen molar-refractivity contribution in [2.75, 3.05) is 6.54 Å². The van der Waals surface area contributed by atoms with Crippen molar-refractivity contribution in [3.8, 4) is 0 Å². The van der Waals surface area contributed by atoms with Gasteiger partial charge in [-0.1, -0.05) is 13.8 Å². The Hall–Kier alpha value is -1.98. The lowest BCUT2D eigenvalue weighted by atomic mass is 10.1. The average Bonchev–Trinajstić information content (AvgIpc) is 2.74. The summed E-state index contributed by atoms with van der Waals surface area (Å²) in [6, 6.07) is 1.82. The predicted octanol–water partition coefficient (Wildman–Crippen LogP) is 1.21. The van der Waals surface area contributed by atoms with E-state index in [9.17, 15) is 4.79 Å². The van der Waals surface area contributed by atoms with E-state index in [1.54, 1.807) is 10.7 Å². The first-order valence-corrected chi connectivity index (χ1v) is 6.04. The fraction of sp³-hybridized carbons (Fsp3) is 0.500. The second kappa shape index (κ2) is 5.12. The third-order valence-corrected chi connectivity index (χ3v) is 2.64. The van der Waals surface area contributed by atoms with Crippen LogP contribution in [-0.4, -0.2) is 32.0 Å². The monoisotopic (exact) mass is 247 g/mol. The maximum Gasteiger partial charge on any atom is 0.291 e. The maximum absolute atomic E-state index is 11.8. The van der Waals surface area contributed by atoms with E-state index in [0.717, 1.165) is 12.1 Å². The lowest BCUT2D eigenvalue weighted by Crippen LogP contribution is -2.26. The van der Waals surface area contributed by atoms with Crippen molar-refractivity contribution in [2.45, 2.75) is 27.2 Å². The van der Waals surface area contributed by atoms with Gasteiger partial charge in [0.2, 0.25) is 5.82 Å². The summed E-state index contributed by atoms with van der Waals surface area (Å²) in [6.07, 6.45) is 2.59. The standard InChI is InChI=1S/C12H17N5O/c1-8(2)4-6-13-11(18)10-15-12-14-7-5-9(3)17(12)16-10/h5,7-8H,4,6H2,1-3H3,(H,13,18). The van der Waals surface area contributed by atoms with E-state index in [1.165, 1.54) is 0 Å². The molecule has 0 aliphatic heterocycles. The van der Waals surface area contributed by atoms with Crippen LogP contribution in [0.4, 0.5) is 0 Å². The Morgan fingerprint density at radius 3 is 2.94 bits per heavy atom. The normalized spacial score (nSPS) is 11.1. The minimum absolute atomic E-state index is 0.167. The quantitative estimate of drug-likeness (QED) is 0.881. The molecule has 2 aromatic rings. The Labute approximate surface area is 105 Å². The lowest BCUT2D eigenvalue weighted by Gasteiger charge is -2.04. The van der Waals surface area contributed by atoms with Crippen LogP contribution in [0.3, 0.4) is 0 Å². The van der Waals surface area contributed by atoms with Crippen LogP contribution in [0.25, 0.3) is 5.78 Å². The second-order valence-corrected chi connectivity index (χ2v) is 4.67. The number of nitrogens with zero attached hydrogens (tertiary/aromatic N) is 4. The lowest BCUT2D eigenvalue weighted by molar-refractivity contribution is 0.0942. The van der Waals surface area contributed by atoms with Gasteiger partial charge in [-0.15, -0.1) is 5.10 Å². The molecule has 0 radical (unpaired) electrons. The van der Waals surface area contributed by atoms with E-state index in [2.05, 4.69) is 34.2 Å². The Morgan fingerprint density at radius 2 is 2.28 bits per heavy atom. The smallest absolute Gasteiger partial charge is 0.291 e. The van der Waals surface area contributed by atoms with Crippen LogP contribution in [0.1, 0.15) is 36.6 Å². The molecule has 2 aromatic heterocycles. The zero-order valence-electron chi connectivity index (χ0n) is 10.8. The van der Waals surface area contributed by atoms with Crippen LogP contribution in [0.15, 0.2) is 12.3 Å². The van der Waals surface area contributed by atoms with E-state index >= 15 is 0 Å². The molecule has 0 unspecified atom stereocenters. The van der Waals surface area contributed by atoms with Crippen LogP contribution in [0.2, 0.25) is 0 Å². The van der Waals surface area contributed by atoms with Gasteiger partial charge >= 0.3 is 0 Å². The maximum atomic E-state index is 11.8. The number of amides is 1. The number of hydrogen-bond acceptors (Lipinski definition) is 4. The van der Waals surface area contributed by atoms with Crippen molar-refractivity contribution in [3.63, 3.8) is 0 Å². The van der Waals surface area contributed by atoms with Crippen LogP contribution in [-0.2, 0) is 0 Å². The van der Waals surface area contributed by atoms with Crippen LogP contribution in [0, 0.1) is 12.8 Å². The average molecular weight is 247 g/mol. The SMILES string of the molecule is Cc1ccnc2nc(C(=O)NCCC(C)C)nn12. The number of nitrogens with one attached hydrogen (secondary N) is 1. The number of carbonyl (C=O) groups excluding carboxylic acids is 1. The summed E-state index contributed by atoms with van der Waals surface area (Å²) in [5, 5.41) is 6.95. The van der Waals surface area contributed by atoms with E-state index in [-0.39, 0.29) is 11.7 Å². The Morgan fingerprint density at radius 1 is 1.50 bits per heavy atom. The van der Waals surface area contributed by atoms with Crippen molar-refractivity contribution in [3.05, 3.63) is 23.8 Å². The number of aromatic nitrogens is 4. The summed E-state index contributed by atoms with van der Waals surface area (Å²) in [5.74, 6) is 0.924. The molecule has 0 aliphatic rings. The number of fused-ring (bicyclic) bond motifs is 1. The molecular formula is C12H17N5O. The molecular weight excluding hydrogens is 230 g/mol. The van der Waals surface area contributed by atoms with Crippen molar-refractivity contribution in [1.82, 2.24) is 24.9 Å². The summed E-state index contributed by atoms with van der Waals surface area (Å²) in [5.41, 5.74) is 0.897. The van der Waals surface area contributed by atoms with Gasteiger partial charge in [-0.25, -0.2) is 9.50 Å². The number of rotatable bonds is 4. The fourth-order valence-electron chi connectivity index (χ4n) is 1.56. The first-order valence-electron chi connectivity index (χ1n) is 6.04. The molecule has 2 rings (SSSR count). The van der Waals surface area contributed by atoms with Crippen LogP contribution in [0.5, 0.6) is 0 Å². The number of hydrogen-bond donors (Lipinski definition) is 1. The molecule has 0 aromatic carbocycles. The summed E-state index contributed by atoms with van der Waals surface area (Å²) in [4.78, 5) is 20.0. The summed E-state index contributed by atoms with van der Waals surface area (Å²) < 4.78 is 1.57. The van der Waals surface area contributed by atoms with Crippen molar-refractivity contribution in [1.29, 1.82) is 0 Å². The van der Waals surface area contributed by atoms with Crippen molar-refractivity contribution >= 4 is 11.7 Å². The summed E-state index contributed by atoms with van der Waals surface area (Å²) in [7, 11) is 0. The molecule has 2 heterocycles. The topological polar surface area (TPSA) is 72.2 Å². The number of carbonyl (C=O) groups is 1. The molecule has 0 bridgehead atoms. The molecule has 0 saturated carbocycles. The molecule has 0 aliphatic carbocycles. The van der Waals surface area contributed by atoms with Crippen molar-refractivity contribution in [2.24, 2.45) is 5.92 Å². The predicted molar refractivity (Wildman–Crippen MR) is 67.3 cm³/mol. The van der Waals surface area contributed by atoms with Crippen LogP contribution < -0.4 is 5.32 Å². The molecule has 18 heavy (non-hydrogen) atoms. The molecule has 96 valence electrons. The van der Waals surface area contributed by atoms with Gasteiger partial charge in [0, 0.05) is 18.4 Å². The highest BCUT2D eigenvalue weighted by atomic mass is 16.2. The Balaban J connectivity index is 2.11. The molecule has 1 N–H and O–H groups in total. The molecule has 0 spiro atoms. The zero-order chi connectivity index (χ0) is 13.1. The first-order chi connectivity index (χ1) is 8.58. The summed E-state index contributed by atoms with van der Waals surface area (Å²) in [6.45, 7) is 6.76. The zero-order valence-corrected chi connectivity index (χ0v) is 10.8. The van der Waals surface area contributed by atoms with Crippen molar-refractivity contribution < 1.29 is 4.79 Å². The van der Waals surface area contributed by atoms with Gasteiger partial charge in [-0.05, 0) is 25.3 Å². The van der Waals surface area contributed by atoms with E-state index in [1.807, 2.05) is 13.0 Å². The third-order valence-electron chi connectivity index (χ3n) is 2.64. The van der Waals surface area contributed by atoms with Gasteiger partial charge in [-0.2, -0.15) is 4.98 Å². The van der Waals surface area contributed by atoms with E-state index in [0.29, 0.717) is 18.2 Å². The van der Waals surface area contributed by atoms with Gasteiger partial charge in [0.25, 0.3) is 11.7 Å². The molecule has 1 amide bonds. The Bertz CT molecular complexity index is 561. The third kappa shape index (κ3) is 2.64. The minimum atomic E-state index is -0.249. The molecule has 0 fully saturated rings. The molecule has 0 atom stereocenters. The van der Waals surface area contributed by atoms with E-state index in [4.69, 9.17) is 0 Å². The molecule has 6 heteroatoms. The Kier molecular flexibility index (Phi) is 3.55. The first kappa shape index (κ1) is 12.5. The van der Waals surface area contributed by atoms with Gasteiger partial charge in [0.1, 0.15) is 0 Å².